The van der Waals surface area contributed by atoms with Gasteiger partial charge in [-0.05, 0) is 112 Å². The van der Waals surface area contributed by atoms with Crippen LogP contribution in [0.4, 0.5) is 22.7 Å². The first-order valence-corrected chi connectivity index (χ1v) is 25.2. The van der Waals surface area contributed by atoms with Crippen molar-refractivity contribution in [3.63, 3.8) is 0 Å². The van der Waals surface area contributed by atoms with E-state index < -0.39 is 16.6 Å². The molecule has 0 bridgehead atoms. The van der Waals surface area contributed by atoms with Gasteiger partial charge in [0.2, 0.25) is 0 Å². The molecule has 0 aliphatic carbocycles. The summed E-state index contributed by atoms with van der Waals surface area (Å²) in [4.78, 5) is 20.2. The van der Waals surface area contributed by atoms with Gasteiger partial charge in [0.1, 0.15) is 0 Å². The summed E-state index contributed by atoms with van der Waals surface area (Å²) in [7, 11) is 1.15. The molecular weight excluding hydrogens is 685 g/mol. The van der Waals surface area contributed by atoms with Crippen LogP contribution < -0.4 is 15.5 Å². The molecule has 10 nitrogen and oxygen atoms in total. The zero-order chi connectivity index (χ0) is 38.9. The highest BCUT2D eigenvalue weighted by Crippen LogP contribution is 2.37. The summed E-state index contributed by atoms with van der Waals surface area (Å²) in [6.07, 6.45) is 4.63. The third-order valence-electron chi connectivity index (χ3n) is 12.3. The monoisotopic (exact) mass is 757 g/mol. The highest BCUT2D eigenvalue weighted by molar-refractivity contribution is 6.74. The summed E-state index contributed by atoms with van der Waals surface area (Å²) in [5.74, 6) is 0. The van der Waals surface area contributed by atoms with Gasteiger partial charge in [0, 0.05) is 93.8 Å². The van der Waals surface area contributed by atoms with E-state index >= 15 is 0 Å². The first kappa shape index (κ1) is 43.9. The van der Waals surface area contributed by atoms with Crippen LogP contribution in [0.25, 0.3) is 0 Å². The molecule has 2 N–H and O–H groups in total. The standard InChI is InChI=1S/C20H35N3O3Si.C20H37N3OSi/c1-20(2,3)27(5,6)26-16-15-21(4)17-11-13-22(14-12-17)18-7-9-19(10-8-18)23(24)25;1-20(2,3)25(5,6)24-16-15-22(4)18-11-13-23(14-12-18)19-9-7-17(21)8-10-19/h7-10,17H,11-16H2,1-6H3;7-10,18H,11-16,21H2,1-6H3. The third-order valence-corrected chi connectivity index (χ3v) is 21.4. The number of nitrogens with two attached hydrogens (primary N) is 1. The molecule has 294 valence electrons. The lowest BCUT2D eigenvalue weighted by molar-refractivity contribution is -0.384. The molecule has 0 spiro atoms. The number of hydrogen-bond acceptors (Lipinski definition) is 9. The molecule has 2 heterocycles. The van der Waals surface area contributed by atoms with Crippen LogP contribution in [0.3, 0.4) is 0 Å². The molecule has 2 aliphatic heterocycles. The lowest BCUT2D eigenvalue weighted by atomic mass is 10.0. The van der Waals surface area contributed by atoms with Crippen molar-refractivity contribution in [1.82, 2.24) is 9.80 Å². The van der Waals surface area contributed by atoms with Crippen LogP contribution in [0, 0.1) is 10.1 Å². The Balaban J connectivity index is 0.000000281. The van der Waals surface area contributed by atoms with E-state index in [4.69, 9.17) is 14.6 Å². The predicted molar refractivity (Wildman–Crippen MR) is 226 cm³/mol. The molecular formula is C40H72N6O4Si2. The van der Waals surface area contributed by atoms with Crippen LogP contribution in [0.1, 0.15) is 67.2 Å². The number of rotatable bonds is 13. The average molecular weight is 757 g/mol. The van der Waals surface area contributed by atoms with E-state index in [0.717, 1.165) is 76.7 Å². The van der Waals surface area contributed by atoms with E-state index in [2.05, 4.69) is 114 Å². The second-order valence-electron chi connectivity index (χ2n) is 18.0. The van der Waals surface area contributed by atoms with Gasteiger partial charge in [-0.25, -0.2) is 0 Å². The van der Waals surface area contributed by atoms with E-state index in [1.54, 1.807) is 12.1 Å². The maximum atomic E-state index is 10.8. The Labute approximate surface area is 318 Å². The predicted octanol–water partition coefficient (Wildman–Crippen LogP) is 8.71. The van der Waals surface area contributed by atoms with Crippen LogP contribution in [0.5, 0.6) is 0 Å². The summed E-state index contributed by atoms with van der Waals surface area (Å²) < 4.78 is 12.6. The number of piperidine rings is 2. The van der Waals surface area contributed by atoms with Crippen molar-refractivity contribution in [3.8, 4) is 0 Å². The van der Waals surface area contributed by atoms with E-state index in [1.165, 1.54) is 18.5 Å². The number of nitro groups is 1. The Morgan fingerprint density at radius 2 is 1.02 bits per heavy atom. The molecule has 2 fully saturated rings. The van der Waals surface area contributed by atoms with Crippen molar-refractivity contribution >= 4 is 39.4 Å². The van der Waals surface area contributed by atoms with Gasteiger partial charge in [0.25, 0.3) is 5.69 Å². The molecule has 2 aromatic carbocycles. The molecule has 0 atom stereocenters. The van der Waals surface area contributed by atoms with Crippen molar-refractivity contribution in [2.45, 2.75) is 116 Å². The molecule has 0 saturated carbocycles. The Kier molecular flexibility index (Phi) is 15.8. The molecule has 2 saturated heterocycles. The Hall–Kier alpha value is -2.49. The number of nitrogen functional groups attached to an aromatic ring is 1. The SMILES string of the molecule is CN(CCO[Si](C)(C)C(C)(C)C)C1CCN(c2ccc(N)cc2)CC1.CN(CCO[Si](C)(C)C(C)(C)C)C1CCN(c2ccc([N+](=O)[O-])cc2)CC1. The molecule has 12 heteroatoms. The lowest BCUT2D eigenvalue weighted by Gasteiger charge is -2.39. The number of benzene rings is 2. The van der Waals surface area contributed by atoms with Crippen LogP contribution >= 0.6 is 0 Å². The van der Waals surface area contributed by atoms with Gasteiger partial charge in [-0.3, -0.25) is 10.1 Å². The molecule has 2 aromatic rings. The highest BCUT2D eigenvalue weighted by Gasteiger charge is 2.38. The smallest absolute Gasteiger partial charge is 0.269 e. The minimum absolute atomic E-state index is 0.148. The number of likely N-dealkylation sites (N-methyl/N-ethyl adjacent to an activating group) is 2. The zero-order valence-electron chi connectivity index (χ0n) is 34.7. The van der Waals surface area contributed by atoms with Gasteiger partial charge in [0.15, 0.2) is 16.6 Å². The summed E-state index contributed by atoms with van der Waals surface area (Å²) in [5, 5.41) is 11.3. The fourth-order valence-electron chi connectivity index (χ4n) is 6.29. The number of anilines is 3. The van der Waals surface area contributed by atoms with E-state index in [1.807, 2.05) is 24.3 Å². The Morgan fingerprint density at radius 1 is 0.692 bits per heavy atom. The summed E-state index contributed by atoms with van der Waals surface area (Å²) in [6, 6.07) is 16.4. The first-order valence-electron chi connectivity index (χ1n) is 19.4. The largest absolute Gasteiger partial charge is 0.416 e. The molecule has 2 aliphatic rings. The molecule has 0 radical (unpaired) electrons. The summed E-state index contributed by atoms with van der Waals surface area (Å²) in [5.41, 5.74) is 9.13. The van der Waals surface area contributed by atoms with Crippen molar-refractivity contribution < 1.29 is 13.8 Å². The topological polar surface area (TPSA) is 101 Å². The maximum Gasteiger partial charge on any atom is 0.269 e. The number of nitrogens with zero attached hydrogens (tertiary/aromatic N) is 5. The van der Waals surface area contributed by atoms with Crippen molar-refractivity contribution in [2.75, 3.05) is 82.1 Å². The van der Waals surface area contributed by atoms with Crippen molar-refractivity contribution in [1.29, 1.82) is 0 Å². The van der Waals surface area contributed by atoms with Gasteiger partial charge in [0.05, 0.1) is 4.92 Å². The summed E-state index contributed by atoms with van der Waals surface area (Å²) >= 11 is 0. The lowest BCUT2D eigenvalue weighted by Crippen LogP contribution is -2.46. The molecule has 0 aromatic heterocycles. The number of nitro benzene ring substituents is 1. The van der Waals surface area contributed by atoms with Gasteiger partial charge < -0.3 is 34.2 Å². The van der Waals surface area contributed by atoms with Crippen LogP contribution in [0.2, 0.25) is 36.3 Å². The van der Waals surface area contributed by atoms with Crippen LogP contribution in [-0.4, -0.2) is 110 Å². The van der Waals surface area contributed by atoms with Gasteiger partial charge in [-0.1, -0.05) is 41.5 Å². The van der Waals surface area contributed by atoms with Gasteiger partial charge >= 0.3 is 0 Å². The maximum absolute atomic E-state index is 10.8. The van der Waals surface area contributed by atoms with E-state index in [9.17, 15) is 10.1 Å². The highest BCUT2D eigenvalue weighted by atomic mass is 28.4. The van der Waals surface area contributed by atoms with Crippen LogP contribution in [-0.2, 0) is 8.85 Å². The van der Waals surface area contributed by atoms with E-state index in [0.29, 0.717) is 12.1 Å². The molecule has 0 unspecified atom stereocenters. The minimum Gasteiger partial charge on any atom is -0.416 e. The zero-order valence-corrected chi connectivity index (χ0v) is 36.7. The minimum atomic E-state index is -1.67. The Bertz CT molecular complexity index is 1360. The molecule has 52 heavy (non-hydrogen) atoms. The van der Waals surface area contributed by atoms with Gasteiger partial charge in [-0.2, -0.15) is 0 Å². The second kappa shape index (κ2) is 18.7. The first-order chi connectivity index (χ1) is 24.1. The normalized spacial score (nSPS) is 17.0. The number of non-ortho nitro benzene ring substituents is 1. The van der Waals surface area contributed by atoms with Crippen LogP contribution in [0.15, 0.2) is 48.5 Å². The fraction of sp³-hybridized carbons (Fsp3) is 0.700. The number of hydrogen-bond donors (Lipinski definition) is 1. The second-order valence-corrected chi connectivity index (χ2v) is 27.6. The third kappa shape index (κ3) is 12.8. The molecule has 4 rings (SSSR count). The fourth-order valence-corrected chi connectivity index (χ4v) is 8.36. The average Bonchev–Trinajstić information content (AvgIpc) is 3.08. The summed E-state index contributed by atoms with van der Waals surface area (Å²) in [6.45, 7) is 30.8. The van der Waals surface area contributed by atoms with Crippen molar-refractivity contribution in [2.24, 2.45) is 0 Å². The Morgan fingerprint density at radius 3 is 1.33 bits per heavy atom. The molecule has 0 amide bonds. The van der Waals surface area contributed by atoms with E-state index in [-0.39, 0.29) is 20.7 Å². The quantitative estimate of drug-likeness (QED) is 0.0931. The van der Waals surface area contributed by atoms with Crippen molar-refractivity contribution in [3.05, 3.63) is 58.6 Å². The van der Waals surface area contributed by atoms with Gasteiger partial charge in [-0.15, -0.1) is 0 Å².